The van der Waals surface area contributed by atoms with Crippen LogP contribution in [0.1, 0.15) is 40.7 Å². The van der Waals surface area contributed by atoms with Gasteiger partial charge in [-0.15, -0.1) is 0 Å². The van der Waals surface area contributed by atoms with Gasteiger partial charge in [-0.2, -0.15) is 0 Å². The van der Waals surface area contributed by atoms with Gasteiger partial charge in [0.05, 0.1) is 5.56 Å². The number of carbonyl (C=O) groups excluding carboxylic acids is 1. The lowest BCUT2D eigenvalue weighted by atomic mass is 9.94. The molecule has 0 aliphatic heterocycles. The Kier molecular flexibility index (Phi) is 6.45. The van der Waals surface area contributed by atoms with Crippen LogP contribution in [0, 0.1) is 18.7 Å². The van der Waals surface area contributed by atoms with E-state index in [1.54, 1.807) is 0 Å². The molecule has 3 N–H and O–H groups in total. The number of benzene rings is 2. The van der Waals surface area contributed by atoms with E-state index in [1.807, 2.05) is 37.3 Å². The van der Waals surface area contributed by atoms with Gasteiger partial charge in [0, 0.05) is 12.6 Å². The van der Waals surface area contributed by atoms with Crippen LogP contribution in [0.25, 0.3) is 0 Å². The highest BCUT2D eigenvalue weighted by Gasteiger charge is 2.29. The maximum absolute atomic E-state index is 13.1. The molecule has 27 heavy (non-hydrogen) atoms. The van der Waals surface area contributed by atoms with Crippen LogP contribution in [0.2, 0.25) is 0 Å². The number of nitrogens with one attached hydrogen (secondary N) is 1. The van der Waals surface area contributed by atoms with Gasteiger partial charge in [-0.1, -0.05) is 30.2 Å². The van der Waals surface area contributed by atoms with Gasteiger partial charge in [-0.25, -0.2) is 4.39 Å². The lowest BCUT2D eigenvalue weighted by Crippen LogP contribution is -2.38. The molecule has 1 fully saturated rings. The highest BCUT2D eigenvalue weighted by Crippen LogP contribution is 2.30. The Balaban J connectivity index is 1.69. The average molecular weight is 370 g/mol. The normalized spacial score (nSPS) is 19.1. The molecule has 0 spiro atoms. The van der Waals surface area contributed by atoms with Crippen molar-refractivity contribution >= 4 is 5.91 Å². The number of hydrogen-bond acceptors (Lipinski definition) is 3. The van der Waals surface area contributed by atoms with Gasteiger partial charge >= 0.3 is 0 Å². The number of hydrogen-bond donors (Lipinski definition) is 2. The van der Waals surface area contributed by atoms with Gasteiger partial charge in [-0.3, -0.25) is 4.79 Å². The highest BCUT2D eigenvalue weighted by molar-refractivity contribution is 5.97. The summed E-state index contributed by atoms with van der Waals surface area (Å²) in [5, 5.41) is 3.20. The van der Waals surface area contributed by atoms with Crippen molar-refractivity contribution in [2.45, 2.75) is 38.6 Å². The third-order valence-electron chi connectivity index (χ3n) is 5.14. The van der Waals surface area contributed by atoms with Gasteiger partial charge < -0.3 is 15.8 Å². The summed E-state index contributed by atoms with van der Waals surface area (Å²) in [6.07, 6.45) is 3.95. The fourth-order valence-electron chi connectivity index (χ4n) is 3.76. The van der Waals surface area contributed by atoms with Crippen molar-refractivity contribution < 1.29 is 13.9 Å². The van der Waals surface area contributed by atoms with Crippen LogP contribution in [0.3, 0.4) is 0 Å². The molecule has 2 aromatic carbocycles. The summed E-state index contributed by atoms with van der Waals surface area (Å²) in [6.45, 7) is 2.73. The molecule has 1 saturated carbocycles. The summed E-state index contributed by atoms with van der Waals surface area (Å²) in [7, 11) is 0. The first-order chi connectivity index (χ1) is 13.1. The van der Waals surface area contributed by atoms with E-state index in [2.05, 4.69) is 5.32 Å². The smallest absolute Gasteiger partial charge is 0.255 e. The van der Waals surface area contributed by atoms with Crippen molar-refractivity contribution in [3.8, 4) is 5.75 Å². The van der Waals surface area contributed by atoms with E-state index in [-0.39, 0.29) is 17.8 Å². The molecule has 1 aliphatic carbocycles. The number of nitrogens with two attached hydrogens (primary N) is 1. The largest absolute Gasteiger partial charge is 0.491 e. The first-order valence-electron chi connectivity index (χ1n) is 9.55. The molecular weight excluding hydrogens is 343 g/mol. The number of ether oxygens (including phenoxy) is 1. The van der Waals surface area contributed by atoms with E-state index in [0.29, 0.717) is 30.4 Å². The third-order valence-corrected chi connectivity index (χ3v) is 5.14. The van der Waals surface area contributed by atoms with Gasteiger partial charge in [0.1, 0.15) is 18.2 Å². The van der Waals surface area contributed by atoms with Gasteiger partial charge in [0.15, 0.2) is 0 Å². The summed E-state index contributed by atoms with van der Waals surface area (Å²) in [5.74, 6) is 0.593. The first-order valence-corrected chi connectivity index (χ1v) is 9.55. The molecule has 2 unspecified atom stereocenters. The Morgan fingerprint density at radius 3 is 2.74 bits per heavy atom. The molecule has 0 bridgehead atoms. The van der Waals surface area contributed by atoms with E-state index in [1.165, 1.54) is 12.1 Å². The van der Waals surface area contributed by atoms with Crippen LogP contribution in [0.4, 0.5) is 4.39 Å². The molecule has 144 valence electrons. The highest BCUT2D eigenvalue weighted by atomic mass is 19.1. The molecule has 0 heterocycles. The van der Waals surface area contributed by atoms with Crippen molar-refractivity contribution in [2.24, 2.45) is 11.7 Å². The van der Waals surface area contributed by atoms with Crippen LogP contribution in [0.5, 0.6) is 5.75 Å². The van der Waals surface area contributed by atoms with Crippen LogP contribution < -0.4 is 15.8 Å². The predicted octanol–water partition coefficient (Wildman–Crippen LogP) is 3.61. The number of rotatable bonds is 7. The van der Waals surface area contributed by atoms with Gasteiger partial charge in [-0.05, 0) is 61.9 Å². The van der Waals surface area contributed by atoms with E-state index >= 15 is 0 Å². The van der Waals surface area contributed by atoms with E-state index in [0.717, 1.165) is 36.8 Å². The van der Waals surface area contributed by atoms with Crippen LogP contribution in [-0.2, 0) is 6.42 Å². The Hall–Kier alpha value is -2.40. The SMILES string of the molecule is Cc1ccc(OCCN)c(C(=O)NC2CCCC2Cc2ccc(F)cc2)c1. The third kappa shape index (κ3) is 5.07. The second-order valence-corrected chi connectivity index (χ2v) is 7.24. The van der Waals surface area contributed by atoms with Crippen molar-refractivity contribution in [2.75, 3.05) is 13.2 Å². The molecule has 2 atom stereocenters. The summed E-state index contributed by atoms with van der Waals surface area (Å²) in [4.78, 5) is 12.9. The zero-order valence-corrected chi connectivity index (χ0v) is 15.7. The van der Waals surface area contributed by atoms with E-state index < -0.39 is 0 Å². The second-order valence-electron chi connectivity index (χ2n) is 7.24. The minimum absolute atomic E-state index is 0.110. The summed E-state index contributed by atoms with van der Waals surface area (Å²) < 4.78 is 18.8. The molecule has 2 aromatic rings. The van der Waals surface area contributed by atoms with Crippen molar-refractivity contribution in [1.29, 1.82) is 0 Å². The van der Waals surface area contributed by atoms with Gasteiger partial charge in [0.2, 0.25) is 0 Å². The molecule has 0 radical (unpaired) electrons. The Bertz CT molecular complexity index is 776. The molecule has 0 aromatic heterocycles. The van der Waals surface area contributed by atoms with Crippen LogP contribution >= 0.6 is 0 Å². The Morgan fingerprint density at radius 2 is 2.00 bits per heavy atom. The predicted molar refractivity (Wildman–Crippen MR) is 104 cm³/mol. The first kappa shape index (κ1) is 19.4. The van der Waals surface area contributed by atoms with Crippen molar-refractivity contribution in [3.63, 3.8) is 0 Å². The summed E-state index contributed by atoms with van der Waals surface area (Å²) in [5.41, 5.74) is 8.18. The quantitative estimate of drug-likeness (QED) is 0.782. The van der Waals surface area contributed by atoms with Crippen LogP contribution in [0.15, 0.2) is 42.5 Å². The lowest BCUT2D eigenvalue weighted by molar-refractivity contribution is 0.0923. The summed E-state index contributed by atoms with van der Waals surface area (Å²) in [6, 6.07) is 12.4. The fourth-order valence-corrected chi connectivity index (χ4v) is 3.76. The maximum atomic E-state index is 13.1. The molecule has 3 rings (SSSR count). The number of carbonyl (C=O) groups is 1. The maximum Gasteiger partial charge on any atom is 0.255 e. The van der Waals surface area contributed by atoms with Crippen molar-refractivity contribution in [1.82, 2.24) is 5.32 Å². The van der Waals surface area contributed by atoms with Crippen LogP contribution in [-0.4, -0.2) is 25.1 Å². The van der Waals surface area contributed by atoms with E-state index in [9.17, 15) is 9.18 Å². The molecule has 1 aliphatic rings. The molecule has 5 heteroatoms. The molecular formula is C22H27FN2O2. The molecule has 4 nitrogen and oxygen atoms in total. The standard InChI is InChI=1S/C22H27FN2O2/c1-15-5-10-21(27-12-11-24)19(13-15)22(26)25-20-4-2-3-17(20)14-16-6-8-18(23)9-7-16/h5-10,13,17,20H,2-4,11-12,14,24H2,1H3,(H,25,26). The molecule has 0 saturated heterocycles. The topological polar surface area (TPSA) is 64.3 Å². The fraction of sp³-hybridized carbons (Fsp3) is 0.409. The average Bonchev–Trinajstić information content (AvgIpc) is 3.09. The minimum atomic E-state index is -0.223. The van der Waals surface area contributed by atoms with Gasteiger partial charge in [0.25, 0.3) is 5.91 Å². The minimum Gasteiger partial charge on any atom is -0.491 e. The number of aryl methyl sites for hydroxylation is 1. The Morgan fingerprint density at radius 1 is 1.22 bits per heavy atom. The zero-order chi connectivity index (χ0) is 19.2. The second kappa shape index (κ2) is 9.00. The number of amides is 1. The Labute approximate surface area is 159 Å². The van der Waals surface area contributed by atoms with Crippen molar-refractivity contribution in [3.05, 3.63) is 65.0 Å². The monoisotopic (exact) mass is 370 g/mol. The van der Waals surface area contributed by atoms with E-state index in [4.69, 9.17) is 10.5 Å². The summed E-state index contributed by atoms with van der Waals surface area (Å²) >= 11 is 0. The molecule has 1 amide bonds. The lowest BCUT2D eigenvalue weighted by Gasteiger charge is -2.22. The number of halogens is 1. The zero-order valence-electron chi connectivity index (χ0n) is 15.7.